The monoisotopic (exact) mass is 327 g/mol. The Morgan fingerprint density at radius 1 is 1.25 bits per heavy atom. The van der Waals surface area contributed by atoms with E-state index in [1.54, 1.807) is 19.0 Å². The number of para-hydroxylation sites is 1. The van der Waals surface area contributed by atoms with Gasteiger partial charge in [-0.05, 0) is 37.7 Å². The van der Waals surface area contributed by atoms with E-state index in [1.165, 1.54) is 5.56 Å². The summed E-state index contributed by atoms with van der Waals surface area (Å²) in [6.07, 6.45) is 1.10. The number of benzene rings is 1. The van der Waals surface area contributed by atoms with E-state index in [4.69, 9.17) is 4.74 Å². The van der Waals surface area contributed by atoms with Gasteiger partial charge in [-0.15, -0.1) is 0 Å². The number of H-pyrrole nitrogens is 1. The average Bonchev–Trinajstić information content (AvgIpc) is 3.19. The molecule has 0 bridgehead atoms. The molecule has 0 aliphatic carbocycles. The highest BCUT2D eigenvalue weighted by Crippen LogP contribution is 2.30. The first-order chi connectivity index (χ1) is 11.5. The van der Waals surface area contributed by atoms with Gasteiger partial charge >= 0.3 is 0 Å². The molecule has 0 saturated heterocycles. The second kappa shape index (κ2) is 6.69. The van der Waals surface area contributed by atoms with Crippen LogP contribution in [0.5, 0.6) is 5.75 Å². The van der Waals surface area contributed by atoms with Crippen molar-refractivity contribution in [1.29, 1.82) is 0 Å². The summed E-state index contributed by atoms with van der Waals surface area (Å²) in [7, 11) is 5.60. The van der Waals surface area contributed by atoms with Crippen LogP contribution in [0.2, 0.25) is 0 Å². The Hall–Kier alpha value is -2.27. The number of hydrogen-bond acceptors (Lipinski definition) is 3. The predicted octanol–water partition coefficient (Wildman–Crippen LogP) is 2.54. The second-order valence-electron chi connectivity index (χ2n) is 6.72. The highest BCUT2D eigenvalue weighted by atomic mass is 16.5. The molecule has 0 unspecified atom stereocenters. The quantitative estimate of drug-likeness (QED) is 0.918. The normalized spacial score (nSPS) is 17.5. The fourth-order valence-electron chi connectivity index (χ4n) is 3.07. The average molecular weight is 327 g/mol. The zero-order valence-corrected chi connectivity index (χ0v) is 14.7. The van der Waals surface area contributed by atoms with E-state index in [0.717, 1.165) is 24.4 Å². The van der Waals surface area contributed by atoms with Crippen LogP contribution in [0.4, 0.5) is 0 Å². The molecule has 1 amide bonds. The number of amides is 1. The van der Waals surface area contributed by atoms with Crippen LogP contribution in [0.1, 0.15) is 28.7 Å². The van der Waals surface area contributed by atoms with E-state index in [-0.39, 0.29) is 18.1 Å². The molecule has 5 heteroatoms. The van der Waals surface area contributed by atoms with Gasteiger partial charge in [0.1, 0.15) is 17.5 Å². The molecule has 3 rings (SSSR count). The van der Waals surface area contributed by atoms with E-state index in [0.29, 0.717) is 5.69 Å². The first-order valence-electron chi connectivity index (χ1n) is 8.30. The fraction of sp³-hybridized carbons (Fsp3) is 0.421. The Labute approximate surface area is 143 Å². The van der Waals surface area contributed by atoms with Crippen molar-refractivity contribution in [2.75, 3.05) is 21.1 Å². The van der Waals surface area contributed by atoms with Crippen LogP contribution in [0, 0.1) is 0 Å². The minimum atomic E-state index is -0.00785. The molecule has 0 fully saturated rings. The van der Waals surface area contributed by atoms with Crippen molar-refractivity contribution in [1.82, 2.24) is 14.8 Å². The molecule has 1 aromatic carbocycles. The first kappa shape index (κ1) is 16.6. The van der Waals surface area contributed by atoms with Crippen LogP contribution in [0.3, 0.4) is 0 Å². The van der Waals surface area contributed by atoms with Gasteiger partial charge in [0.15, 0.2) is 0 Å². The number of nitrogens with zero attached hydrogens (tertiary/aromatic N) is 2. The Morgan fingerprint density at radius 3 is 2.71 bits per heavy atom. The van der Waals surface area contributed by atoms with Crippen molar-refractivity contribution in [3.05, 3.63) is 53.3 Å². The van der Waals surface area contributed by atoms with Crippen LogP contribution in [0.25, 0.3) is 0 Å². The SMILES string of the molecule is C[C@@H]([C@@H]1Cc2ccccc2O1)N(C)Cc1ccc(C(=O)N(C)C)[nH]1. The van der Waals surface area contributed by atoms with Gasteiger partial charge in [0.2, 0.25) is 0 Å². The molecule has 2 atom stereocenters. The molecule has 2 aromatic rings. The van der Waals surface area contributed by atoms with E-state index in [1.807, 2.05) is 24.3 Å². The zero-order valence-electron chi connectivity index (χ0n) is 14.7. The maximum Gasteiger partial charge on any atom is 0.269 e. The summed E-state index contributed by atoms with van der Waals surface area (Å²) in [6.45, 7) is 2.93. The molecule has 1 N–H and O–H groups in total. The summed E-state index contributed by atoms with van der Waals surface area (Å²) in [4.78, 5) is 19.0. The molecular weight excluding hydrogens is 302 g/mol. The topological polar surface area (TPSA) is 48.6 Å². The van der Waals surface area contributed by atoms with Crippen molar-refractivity contribution < 1.29 is 9.53 Å². The van der Waals surface area contributed by atoms with Crippen molar-refractivity contribution >= 4 is 5.91 Å². The molecule has 0 radical (unpaired) electrons. The predicted molar refractivity (Wildman–Crippen MR) is 94.3 cm³/mol. The number of aromatic nitrogens is 1. The molecule has 1 aliphatic heterocycles. The number of hydrogen-bond donors (Lipinski definition) is 1. The summed E-state index contributed by atoms with van der Waals surface area (Å²) in [5, 5.41) is 0. The Kier molecular flexibility index (Phi) is 4.62. The number of ether oxygens (including phenoxy) is 1. The lowest BCUT2D eigenvalue weighted by Gasteiger charge is -2.28. The molecule has 0 saturated carbocycles. The van der Waals surface area contributed by atoms with E-state index >= 15 is 0 Å². The van der Waals surface area contributed by atoms with Gasteiger partial charge in [0, 0.05) is 38.8 Å². The maximum absolute atomic E-state index is 12.0. The lowest BCUT2D eigenvalue weighted by atomic mass is 10.0. The van der Waals surface area contributed by atoms with E-state index in [2.05, 4.69) is 36.0 Å². The van der Waals surface area contributed by atoms with Gasteiger partial charge in [-0.2, -0.15) is 0 Å². The third-order valence-corrected chi connectivity index (χ3v) is 4.71. The number of fused-ring (bicyclic) bond motifs is 1. The molecule has 5 nitrogen and oxygen atoms in total. The van der Waals surface area contributed by atoms with Gasteiger partial charge in [-0.3, -0.25) is 9.69 Å². The van der Waals surface area contributed by atoms with Gasteiger partial charge in [0.05, 0.1) is 0 Å². The minimum Gasteiger partial charge on any atom is -0.488 e. The van der Waals surface area contributed by atoms with Crippen LogP contribution < -0.4 is 4.74 Å². The lowest BCUT2D eigenvalue weighted by molar-refractivity contribution is 0.0821. The van der Waals surface area contributed by atoms with Crippen LogP contribution in [0.15, 0.2) is 36.4 Å². The third-order valence-electron chi connectivity index (χ3n) is 4.71. The Bertz CT molecular complexity index is 698. The second-order valence-corrected chi connectivity index (χ2v) is 6.72. The number of rotatable bonds is 5. The van der Waals surface area contributed by atoms with Crippen molar-refractivity contribution in [2.45, 2.75) is 32.0 Å². The molecular formula is C19H25N3O2. The van der Waals surface area contributed by atoms with Gasteiger partial charge in [-0.25, -0.2) is 0 Å². The maximum atomic E-state index is 12.0. The Balaban J connectivity index is 1.61. The van der Waals surface area contributed by atoms with Crippen molar-refractivity contribution in [3.8, 4) is 5.75 Å². The van der Waals surface area contributed by atoms with Gasteiger partial charge in [-0.1, -0.05) is 18.2 Å². The molecule has 24 heavy (non-hydrogen) atoms. The van der Waals surface area contributed by atoms with Crippen LogP contribution in [-0.4, -0.2) is 54.0 Å². The summed E-state index contributed by atoms with van der Waals surface area (Å²) in [5.41, 5.74) is 2.94. The third kappa shape index (κ3) is 3.31. The summed E-state index contributed by atoms with van der Waals surface area (Å²) in [5.74, 6) is 0.994. The zero-order chi connectivity index (χ0) is 17.3. The molecule has 0 spiro atoms. The van der Waals surface area contributed by atoms with Crippen molar-refractivity contribution in [3.63, 3.8) is 0 Å². The highest BCUT2D eigenvalue weighted by molar-refractivity contribution is 5.92. The smallest absolute Gasteiger partial charge is 0.269 e. The summed E-state index contributed by atoms with van der Waals surface area (Å²) >= 11 is 0. The van der Waals surface area contributed by atoms with Gasteiger partial charge in [0.25, 0.3) is 5.91 Å². The lowest BCUT2D eigenvalue weighted by Crippen LogP contribution is -2.41. The van der Waals surface area contributed by atoms with Crippen molar-refractivity contribution in [2.24, 2.45) is 0 Å². The Morgan fingerprint density at radius 2 is 2.00 bits per heavy atom. The highest BCUT2D eigenvalue weighted by Gasteiger charge is 2.29. The number of aromatic amines is 1. The number of likely N-dealkylation sites (N-methyl/N-ethyl adjacent to an activating group) is 1. The standard InChI is InChI=1S/C19H25N3O2/c1-13(18-11-14-7-5-6-8-17(14)24-18)22(4)12-15-9-10-16(20-15)19(23)21(2)3/h5-10,13,18,20H,11-12H2,1-4H3/t13-,18-/m0/s1. The summed E-state index contributed by atoms with van der Waals surface area (Å²) < 4.78 is 6.09. The van der Waals surface area contributed by atoms with Gasteiger partial charge < -0.3 is 14.6 Å². The fourth-order valence-corrected chi connectivity index (χ4v) is 3.07. The molecule has 128 valence electrons. The minimum absolute atomic E-state index is 0.00785. The molecule has 1 aromatic heterocycles. The first-order valence-corrected chi connectivity index (χ1v) is 8.30. The molecule has 1 aliphatic rings. The largest absolute Gasteiger partial charge is 0.488 e. The van der Waals surface area contributed by atoms with Crippen LogP contribution in [-0.2, 0) is 13.0 Å². The molecule has 2 heterocycles. The summed E-state index contributed by atoms with van der Waals surface area (Å²) in [6, 6.07) is 12.3. The van der Waals surface area contributed by atoms with E-state index < -0.39 is 0 Å². The number of carbonyl (C=O) groups excluding carboxylic acids is 1. The van der Waals surface area contributed by atoms with E-state index in [9.17, 15) is 4.79 Å². The number of nitrogens with one attached hydrogen (secondary N) is 1. The number of carbonyl (C=O) groups is 1. The van der Waals surface area contributed by atoms with Crippen LogP contribution >= 0.6 is 0 Å².